The summed E-state index contributed by atoms with van der Waals surface area (Å²) in [5.41, 5.74) is 5.47. The van der Waals surface area contributed by atoms with E-state index < -0.39 is 0 Å². The van der Waals surface area contributed by atoms with Gasteiger partial charge in [-0.25, -0.2) is 5.32 Å². The van der Waals surface area contributed by atoms with Gasteiger partial charge in [-0.05, 0) is 19.3 Å². The first-order chi connectivity index (χ1) is 3.39. The minimum atomic E-state index is 0.161. The number of nitrogens with zero attached hydrogens (tertiary/aromatic N) is 1. The molecule has 1 unspecified atom stereocenters. The summed E-state index contributed by atoms with van der Waals surface area (Å²) in [5, 5.41) is 4.11. The largest absolute Gasteiger partial charge is 0.315 e. The van der Waals surface area contributed by atoms with E-state index in [4.69, 9.17) is 5.73 Å². The fourth-order valence-corrected chi connectivity index (χ4v) is 0.814. The van der Waals surface area contributed by atoms with E-state index >= 15 is 0 Å². The fraction of sp³-hybridized carbons (Fsp3) is 1.00. The Bertz CT molecular complexity index is 48.0. The van der Waals surface area contributed by atoms with Gasteiger partial charge in [-0.15, -0.1) is 0 Å². The van der Waals surface area contributed by atoms with Crippen molar-refractivity contribution >= 4 is 0 Å². The quantitative estimate of drug-likeness (QED) is 0.458. The van der Waals surface area contributed by atoms with E-state index in [2.05, 4.69) is 5.32 Å². The Morgan fingerprint density at radius 2 is 2.29 bits per heavy atom. The predicted octanol–water partition coefficient (Wildman–Crippen LogP) is 0.0595. The van der Waals surface area contributed by atoms with Crippen molar-refractivity contribution in [2.45, 2.75) is 25.4 Å². The topological polar surface area (TPSA) is 40.1 Å². The lowest BCUT2D eigenvalue weighted by molar-refractivity contribution is 0.402. The molecule has 1 heterocycles. The molecule has 2 N–H and O–H groups in total. The zero-order valence-corrected chi connectivity index (χ0v) is 4.43. The van der Waals surface area contributed by atoms with Gasteiger partial charge in [0.25, 0.3) is 0 Å². The monoisotopic (exact) mass is 99.1 g/mol. The minimum absolute atomic E-state index is 0.161. The molecule has 0 bridgehead atoms. The van der Waals surface area contributed by atoms with E-state index in [-0.39, 0.29) is 6.17 Å². The zero-order chi connectivity index (χ0) is 5.11. The highest BCUT2D eigenvalue weighted by molar-refractivity contribution is 4.63. The maximum Gasteiger partial charge on any atom is 0.0710 e. The van der Waals surface area contributed by atoms with Crippen molar-refractivity contribution in [2.24, 2.45) is 5.73 Å². The van der Waals surface area contributed by atoms with Gasteiger partial charge in [0.15, 0.2) is 0 Å². The molecule has 2 nitrogen and oxygen atoms in total. The van der Waals surface area contributed by atoms with Crippen LogP contribution in [-0.4, -0.2) is 12.7 Å². The van der Waals surface area contributed by atoms with Gasteiger partial charge < -0.3 is 5.73 Å². The zero-order valence-electron chi connectivity index (χ0n) is 4.43. The van der Waals surface area contributed by atoms with Crippen LogP contribution in [0.2, 0.25) is 0 Å². The van der Waals surface area contributed by atoms with E-state index in [9.17, 15) is 0 Å². The van der Waals surface area contributed by atoms with E-state index in [0.29, 0.717) is 0 Å². The van der Waals surface area contributed by atoms with Crippen LogP contribution in [0.3, 0.4) is 0 Å². The summed E-state index contributed by atoms with van der Waals surface area (Å²) in [4.78, 5) is 0. The Morgan fingerprint density at radius 1 is 1.43 bits per heavy atom. The SMILES string of the molecule is NC1CCCC[N]1. The molecule has 1 aliphatic heterocycles. The van der Waals surface area contributed by atoms with Crippen molar-refractivity contribution in [3.8, 4) is 0 Å². The van der Waals surface area contributed by atoms with Crippen molar-refractivity contribution in [1.29, 1.82) is 0 Å². The Kier molecular flexibility index (Phi) is 1.65. The Labute approximate surface area is 44.1 Å². The Balaban J connectivity index is 2.12. The van der Waals surface area contributed by atoms with E-state index in [1.54, 1.807) is 0 Å². The number of rotatable bonds is 0. The average molecular weight is 99.2 g/mol. The van der Waals surface area contributed by atoms with Gasteiger partial charge in [0.05, 0.1) is 6.17 Å². The predicted molar refractivity (Wildman–Crippen MR) is 28.8 cm³/mol. The third kappa shape index (κ3) is 1.45. The number of hydrogen-bond acceptors (Lipinski definition) is 1. The van der Waals surface area contributed by atoms with Gasteiger partial charge in [0.2, 0.25) is 0 Å². The molecule has 41 valence electrons. The summed E-state index contributed by atoms with van der Waals surface area (Å²) in [6, 6.07) is 0. The van der Waals surface area contributed by atoms with Gasteiger partial charge >= 0.3 is 0 Å². The molecule has 0 saturated carbocycles. The van der Waals surface area contributed by atoms with E-state index in [1.807, 2.05) is 0 Å². The number of nitrogens with two attached hydrogens (primary N) is 1. The summed E-state index contributed by atoms with van der Waals surface area (Å²) in [6.45, 7) is 0.987. The lowest BCUT2D eigenvalue weighted by Gasteiger charge is -2.15. The Hall–Kier alpha value is -0.0800. The summed E-state index contributed by atoms with van der Waals surface area (Å²) in [6.07, 6.45) is 3.77. The van der Waals surface area contributed by atoms with Crippen LogP contribution in [0, 0.1) is 0 Å². The Morgan fingerprint density at radius 3 is 2.57 bits per heavy atom. The van der Waals surface area contributed by atoms with Gasteiger partial charge in [-0.2, -0.15) is 0 Å². The second-order valence-electron chi connectivity index (χ2n) is 1.97. The van der Waals surface area contributed by atoms with Crippen LogP contribution in [0.1, 0.15) is 19.3 Å². The second kappa shape index (κ2) is 2.28. The van der Waals surface area contributed by atoms with E-state index in [1.165, 1.54) is 12.8 Å². The molecule has 0 spiro atoms. The van der Waals surface area contributed by atoms with Crippen LogP contribution in [0.5, 0.6) is 0 Å². The maximum absolute atomic E-state index is 5.47. The molecular formula is C5H11N2. The minimum Gasteiger partial charge on any atom is -0.315 e. The van der Waals surface area contributed by atoms with Gasteiger partial charge in [-0.1, -0.05) is 0 Å². The molecule has 1 radical (unpaired) electrons. The molecule has 1 rings (SSSR count). The number of piperidine rings is 1. The van der Waals surface area contributed by atoms with E-state index in [0.717, 1.165) is 13.0 Å². The van der Waals surface area contributed by atoms with Gasteiger partial charge in [-0.3, -0.25) is 0 Å². The molecule has 0 aliphatic carbocycles. The first-order valence-electron chi connectivity index (χ1n) is 2.82. The van der Waals surface area contributed by atoms with Crippen LogP contribution < -0.4 is 11.1 Å². The molecule has 1 aliphatic rings. The first-order valence-corrected chi connectivity index (χ1v) is 2.82. The summed E-state index contributed by atoms with van der Waals surface area (Å²) < 4.78 is 0. The molecule has 0 aromatic heterocycles. The molecule has 1 saturated heterocycles. The van der Waals surface area contributed by atoms with Crippen molar-refractivity contribution in [3.05, 3.63) is 0 Å². The fourth-order valence-electron chi connectivity index (χ4n) is 0.814. The van der Waals surface area contributed by atoms with Crippen molar-refractivity contribution in [1.82, 2.24) is 5.32 Å². The molecular weight excluding hydrogens is 88.1 g/mol. The highest BCUT2D eigenvalue weighted by Gasteiger charge is 2.06. The lowest BCUT2D eigenvalue weighted by atomic mass is 10.1. The highest BCUT2D eigenvalue weighted by Crippen LogP contribution is 2.02. The normalized spacial score (nSPS) is 33.0. The molecule has 1 atom stereocenters. The van der Waals surface area contributed by atoms with Crippen LogP contribution in [0.25, 0.3) is 0 Å². The molecule has 0 aromatic rings. The van der Waals surface area contributed by atoms with Gasteiger partial charge in [0, 0.05) is 6.54 Å². The summed E-state index contributed by atoms with van der Waals surface area (Å²) in [7, 11) is 0. The molecule has 1 fully saturated rings. The van der Waals surface area contributed by atoms with Crippen molar-refractivity contribution < 1.29 is 0 Å². The molecule has 0 aromatic carbocycles. The van der Waals surface area contributed by atoms with Crippen LogP contribution in [-0.2, 0) is 0 Å². The maximum atomic E-state index is 5.47. The smallest absolute Gasteiger partial charge is 0.0710 e. The third-order valence-corrected chi connectivity index (χ3v) is 1.27. The van der Waals surface area contributed by atoms with Gasteiger partial charge in [0.1, 0.15) is 0 Å². The first kappa shape index (κ1) is 5.06. The number of hydrogen-bond donors (Lipinski definition) is 1. The van der Waals surface area contributed by atoms with Crippen LogP contribution in [0.4, 0.5) is 0 Å². The molecule has 7 heavy (non-hydrogen) atoms. The summed E-state index contributed by atoms with van der Waals surface area (Å²) >= 11 is 0. The second-order valence-corrected chi connectivity index (χ2v) is 1.97. The molecule has 0 amide bonds. The van der Waals surface area contributed by atoms with Crippen molar-refractivity contribution in [2.75, 3.05) is 6.54 Å². The van der Waals surface area contributed by atoms with Crippen molar-refractivity contribution in [3.63, 3.8) is 0 Å². The van der Waals surface area contributed by atoms with Crippen LogP contribution in [0.15, 0.2) is 0 Å². The lowest BCUT2D eigenvalue weighted by Crippen LogP contribution is -2.35. The molecule has 2 heteroatoms. The summed E-state index contributed by atoms with van der Waals surface area (Å²) in [5.74, 6) is 0. The average Bonchev–Trinajstić information content (AvgIpc) is 1.69. The highest BCUT2D eigenvalue weighted by atomic mass is 15.0. The standard InChI is InChI=1S/C5H11N2/c6-5-3-1-2-4-7-5/h5H,1-4,6H2. The third-order valence-electron chi connectivity index (χ3n) is 1.27. The van der Waals surface area contributed by atoms with Crippen LogP contribution >= 0.6 is 0 Å².